The van der Waals surface area contributed by atoms with Crippen molar-refractivity contribution in [1.82, 2.24) is 5.43 Å². The van der Waals surface area contributed by atoms with E-state index in [9.17, 15) is 4.79 Å². The van der Waals surface area contributed by atoms with Gasteiger partial charge in [-0.15, -0.1) is 0 Å². The van der Waals surface area contributed by atoms with E-state index in [0.717, 1.165) is 25.0 Å². The Labute approximate surface area is 84.9 Å². The highest BCUT2D eigenvalue weighted by Crippen LogP contribution is 2.42. The molecular formula is C10H19N3O. The van der Waals surface area contributed by atoms with Crippen LogP contribution in [0.15, 0.2) is 5.10 Å². The number of nitrogens with one attached hydrogen (secondary N) is 1. The van der Waals surface area contributed by atoms with Gasteiger partial charge in [0.25, 0.3) is 0 Å². The van der Waals surface area contributed by atoms with E-state index >= 15 is 0 Å². The van der Waals surface area contributed by atoms with E-state index in [1.165, 1.54) is 0 Å². The molecule has 1 aliphatic carbocycles. The van der Waals surface area contributed by atoms with Gasteiger partial charge in [0, 0.05) is 5.71 Å². The number of nitrogens with zero attached hydrogens (tertiary/aromatic N) is 1. The van der Waals surface area contributed by atoms with Gasteiger partial charge in [-0.3, -0.25) is 0 Å². The summed E-state index contributed by atoms with van der Waals surface area (Å²) in [6.45, 7) is 6.72. The summed E-state index contributed by atoms with van der Waals surface area (Å²) in [5.74, 6) is 0.642. The van der Waals surface area contributed by atoms with Gasteiger partial charge in [0.15, 0.2) is 0 Å². The molecule has 0 saturated heterocycles. The fourth-order valence-electron chi connectivity index (χ4n) is 1.80. The Morgan fingerprint density at radius 1 is 1.64 bits per heavy atom. The highest BCUT2D eigenvalue weighted by molar-refractivity contribution is 5.88. The summed E-state index contributed by atoms with van der Waals surface area (Å²) < 4.78 is 0. The third kappa shape index (κ3) is 2.47. The van der Waals surface area contributed by atoms with Crippen molar-refractivity contribution in [3.05, 3.63) is 0 Å². The smallest absolute Gasteiger partial charge is 0.332 e. The van der Waals surface area contributed by atoms with Gasteiger partial charge in [-0.25, -0.2) is 10.2 Å². The predicted molar refractivity (Wildman–Crippen MR) is 57.0 cm³/mol. The number of hydrazone groups is 1. The molecule has 1 rings (SSSR count). The van der Waals surface area contributed by atoms with Gasteiger partial charge >= 0.3 is 6.03 Å². The van der Waals surface area contributed by atoms with Crippen LogP contribution in [0.5, 0.6) is 0 Å². The molecule has 2 amide bonds. The lowest BCUT2D eigenvalue weighted by Crippen LogP contribution is -2.26. The number of hydrogen-bond donors (Lipinski definition) is 2. The summed E-state index contributed by atoms with van der Waals surface area (Å²) in [5, 5.41) is 3.99. The lowest BCUT2D eigenvalue weighted by atomic mass is 9.78. The van der Waals surface area contributed by atoms with Crippen LogP contribution in [0.3, 0.4) is 0 Å². The summed E-state index contributed by atoms with van der Waals surface area (Å²) >= 11 is 0. The molecule has 4 nitrogen and oxygen atoms in total. The third-order valence-corrected chi connectivity index (χ3v) is 3.31. The van der Waals surface area contributed by atoms with Gasteiger partial charge in [0.2, 0.25) is 0 Å². The number of rotatable bonds is 2. The summed E-state index contributed by atoms with van der Waals surface area (Å²) in [4.78, 5) is 10.5. The van der Waals surface area contributed by atoms with E-state index in [2.05, 4.69) is 31.3 Å². The molecule has 0 aromatic heterocycles. The Hall–Kier alpha value is -1.06. The molecule has 0 aromatic carbocycles. The Morgan fingerprint density at radius 3 is 2.71 bits per heavy atom. The summed E-state index contributed by atoms with van der Waals surface area (Å²) in [6, 6.07) is -0.587. The van der Waals surface area contributed by atoms with Crippen molar-refractivity contribution in [1.29, 1.82) is 0 Å². The zero-order chi connectivity index (χ0) is 10.8. The third-order valence-electron chi connectivity index (χ3n) is 3.31. The van der Waals surface area contributed by atoms with Crippen LogP contribution < -0.4 is 11.2 Å². The zero-order valence-corrected chi connectivity index (χ0v) is 9.13. The van der Waals surface area contributed by atoms with Crippen molar-refractivity contribution in [2.45, 2.75) is 40.0 Å². The van der Waals surface area contributed by atoms with Crippen LogP contribution in [0.2, 0.25) is 0 Å². The second-order valence-electron chi connectivity index (χ2n) is 4.64. The fourth-order valence-corrected chi connectivity index (χ4v) is 1.80. The fraction of sp³-hybridized carbons (Fsp3) is 0.800. The minimum Gasteiger partial charge on any atom is -0.350 e. The van der Waals surface area contributed by atoms with E-state index in [4.69, 9.17) is 5.73 Å². The minimum atomic E-state index is -0.587. The molecule has 0 aliphatic heterocycles. The van der Waals surface area contributed by atoms with Crippen LogP contribution in [0.1, 0.15) is 40.0 Å². The average molecular weight is 197 g/mol. The van der Waals surface area contributed by atoms with Crippen molar-refractivity contribution in [3.8, 4) is 0 Å². The first-order valence-electron chi connectivity index (χ1n) is 5.05. The number of carbonyl (C=O) groups excluding carboxylic acids is 1. The molecule has 1 saturated carbocycles. The van der Waals surface area contributed by atoms with Crippen LogP contribution >= 0.6 is 0 Å². The van der Waals surface area contributed by atoms with Gasteiger partial charge in [0.05, 0.1) is 0 Å². The van der Waals surface area contributed by atoms with Crippen LogP contribution in [-0.2, 0) is 0 Å². The number of hydrogen-bond acceptors (Lipinski definition) is 2. The van der Waals surface area contributed by atoms with Crippen LogP contribution in [0.4, 0.5) is 4.79 Å². The number of urea groups is 1. The van der Waals surface area contributed by atoms with Crippen molar-refractivity contribution in [3.63, 3.8) is 0 Å². The molecule has 14 heavy (non-hydrogen) atoms. The average Bonchev–Trinajstić information content (AvgIpc) is 2.45. The largest absolute Gasteiger partial charge is 0.350 e. The van der Waals surface area contributed by atoms with E-state index in [0.29, 0.717) is 11.3 Å². The monoisotopic (exact) mass is 197 g/mol. The number of amides is 2. The lowest BCUT2D eigenvalue weighted by molar-refractivity contribution is 0.235. The minimum absolute atomic E-state index is 0.332. The molecule has 0 radical (unpaired) electrons. The summed E-state index contributed by atoms with van der Waals surface area (Å²) in [7, 11) is 0. The number of carbonyl (C=O) groups is 1. The molecule has 0 heterocycles. The molecule has 1 fully saturated rings. The van der Waals surface area contributed by atoms with Crippen molar-refractivity contribution < 1.29 is 4.79 Å². The predicted octanol–water partition coefficient (Wildman–Crippen LogP) is 1.86. The van der Waals surface area contributed by atoms with Crippen LogP contribution in [0, 0.1) is 11.3 Å². The van der Waals surface area contributed by atoms with Crippen molar-refractivity contribution >= 4 is 11.7 Å². The molecule has 1 unspecified atom stereocenters. The Kier molecular flexibility index (Phi) is 3.13. The molecule has 0 aromatic rings. The van der Waals surface area contributed by atoms with Crippen molar-refractivity contribution in [2.75, 3.05) is 0 Å². The zero-order valence-electron chi connectivity index (χ0n) is 9.13. The molecule has 0 spiro atoms. The molecule has 0 bridgehead atoms. The first-order valence-corrected chi connectivity index (χ1v) is 5.05. The van der Waals surface area contributed by atoms with Gasteiger partial charge in [-0.05, 0) is 30.6 Å². The van der Waals surface area contributed by atoms with E-state index in [1.807, 2.05) is 0 Å². The molecule has 1 aliphatic rings. The van der Waals surface area contributed by atoms with E-state index < -0.39 is 6.03 Å². The van der Waals surface area contributed by atoms with E-state index in [1.54, 1.807) is 0 Å². The Balaban J connectivity index is 2.56. The summed E-state index contributed by atoms with van der Waals surface area (Å²) in [5.41, 5.74) is 8.62. The molecule has 3 N–H and O–H groups in total. The number of nitrogens with two attached hydrogens (primary N) is 1. The molecule has 4 heteroatoms. The van der Waals surface area contributed by atoms with Gasteiger partial charge < -0.3 is 5.73 Å². The highest BCUT2D eigenvalue weighted by Gasteiger charge is 2.35. The lowest BCUT2D eigenvalue weighted by Gasteiger charge is -2.27. The normalized spacial score (nSPS) is 29.9. The van der Waals surface area contributed by atoms with Crippen LogP contribution in [0.25, 0.3) is 0 Å². The first kappa shape index (κ1) is 11.0. The van der Waals surface area contributed by atoms with Gasteiger partial charge in [0.1, 0.15) is 0 Å². The summed E-state index contributed by atoms with van der Waals surface area (Å²) in [6.07, 6.45) is 3.07. The molecule has 1 atom stereocenters. The van der Waals surface area contributed by atoms with Crippen LogP contribution in [-0.4, -0.2) is 11.7 Å². The molecule has 80 valence electrons. The maximum absolute atomic E-state index is 10.5. The number of primary amides is 1. The second-order valence-corrected chi connectivity index (χ2v) is 4.64. The topological polar surface area (TPSA) is 67.5 Å². The maximum Gasteiger partial charge on any atom is 0.332 e. The first-order chi connectivity index (χ1) is 6.44. The van der Waals surface area contributed by atoms with Gasteiger partial charge in [-0.1, -0.05) is 20.8 Å². The second kappa shape index (κ2) is 3.98. The maximum atomic E-state index is 10.5. The highest BCUT2D eigenvalue weighted by atomic mass is 16.2. The van der Waals surface area contributed by atoms with Crippen molar-refractivity contribution in [2.24, 2.45) is 22.2 Å². The quantitative estimate of drug-likeness (QED) is 0.652. The van der Waals surface area contributed by atoms with Gasteiger partial charge in [-0.2, -0.15) is 5.10 Å². The SMILES string of the molecule is CC(C)C1(C)CC/C(=N/NC(N)=O)C1. The Bertz CT molecular complexity index is 260. The van der Waals surface area contributed by atoms with E-state index in [-0.39, 0.29) is 0 Å². The Morgan fingerprint density at radius 2 is 2.29 bits per heavy atom. The standard InChI is InChI=1S/C10H19N3O/c1-7(2)10(3)5-4-8(6-10)12-13-9(11)14/h7H,4-6H2,1-3H3,(H3,11,13,14)/b12-8-. The molecular weight excluding hydrogens is 178 g/mol.